The van der Waals surface area contributed by atoms with E-state index in [1.165, 1.54) is 0 Å². The minimum atomic E-state index is 0.0218. The third kappa shape index (κ3) is 2.91. The Kier molecular flexibility index (Phi) is 3.85. The summed E-state index contributed by atoms with van der Waals surface area (Å²) in [7, 11) is 0. The van der Waals surface area contributed by atoms with E-state index in [1.807, 2.05) is 4.90 Å². The first kappa shape index (κ1) is 13.7. The van der Waals surface area contributed by atoms with Gasteiger partial charge in [0.15, 0.2) is 0 Å². The first-order chi connectivity index (χ1) is 9.65. The number of benzene rings is 1. The molecule has 0 aromatic heterocycles. The zero-order valence-electron chi connectivity index (χ0n) is 11.3. The topological polar surface area (TPSA) is 55.6 Å². The summed E-state index contributed by atoms with van der Waals surface area (Å²) in [4.78, 5) is 14.7. The Labute approximate surface area is 123 Å². The van der Waals surface area contributed by atoms with E-state index in [2.05, 4.69) is 0 Å². The smallest absolute Gasteiger partial charge is 0.256 e. The first-order valence-corrected chi connectivity index (χ1v) is 7.46. The zero-order chi connectivity index (χ0) is 14.1. The molecule has 0 spiro atoms. The highest BCUT2D eigenvalue weighted by Gasteiger charge is 2.35. The van der Waals surface area contributed by atoms with Gasteiger partial charge in [0.1, 0.15) is 0 Å². The summed E-state index contributed by atoms with van der Waals surface area (Å²) in [5.41, 5.74) is 6.94. The van der Waals surface area contributed by atoms with Gasteiger partial charge in [0.25, 0.3) is 5.91 Å². The summed E-state index contributed by atoms with van der Waals surface area (Å²) in [6.07, 6.45) is 3.21. The molecule has 1 atom stereocenters. The Morgan fingerprint density at radius 3 is 2.80 bits per heavy atom. The molecule has 2 aliphatic rings. The molecular formula is C15H19ClN2O2. The van der Waals surface area contributed by atoms with Gasteiger partial charge in [-0.1, -0.05) is 11.6 Å². The van der Waals surface area contributed by atoms with Crippen LogP contribution in [0.4, 0.5) is 5.69 Å². The fourth-order valence-corrected chi connectivity index (χ4v) is 2.85. The van der Waals surface area contributed by atoms with Crippen molar-refractivity contribution in [2.24, 2.45) is 5.92 Å². The van der Waals surface area contributed by atoms with Crippen LogP contribution >= 0.6 is 11.6 Å². The van der Waals surface area contributed by atoms with Gasteiger partial charge in [-0.2, -0.15) is 0 Å². The van der Waals surface area contributed by atoms with Crippen molar-refractivity contribution in [2.45, 2.75) is 25.3 Å². The molecular weight excluding hydrogens is 276 g/mol. The lowest BCUT2D eigenvalue weighted by atomic mass is 10.1. The maximum Gasteiger partial charge on any atom is 0.256 e. The molecule has 1 aliphatic heterocycles. The molecule has 1 aliphatic carbocycles. The lowest BCUT2D eigenvalue weighted by Crippen LogP contribution is -2.37. The van der Waals surface area contributed by atoms with E-state index in [0.717, 1.165) is 39.0 Å². The van der Waals surface area contributed by atoms with Crippen LogP contribution < -0.4 is 5.73 Å². The molecule has 1 heterocycles. The van der Waals surface area contributed by atoms with Gasteiger partial charge in [0.2, 0.25) is 0 Å². The second kappa shape index (κ2) is 5.62. The van der Waals surface area contributed by atoms with E-state index in [9.17, 15) is 4.79 Å². The van der Waals surface area contributed by atoms with Crippen LogP contribution in [0.25, 0.3) is 0 Å². The van der Waals surface area contributed by atoms with Crippen molar-refractivity contribution in [1.29, 1.82) is 0 Å². The number of rotatable bonds is 4. The Bertz CT molecular complexity index is 511. The standard InChI is InChI=1S/C15H19ClN2O2/c16-11-1-4-13(14(17)7-11)15(19)18(12-2-3-12)8-10-5-6-20-9-10/h1,4,7,10,12H,2-3,5-6,8-9,17H2. The largest absolute Gasteiger partial charge is 0.398 e. The number of nitrogens with zero attached hydrogens (tertiary/aromatic N) is 1. The summed E-state index contributed by atoms with van der Waals surface area (Å²) < 4.78 is 5.40. The van der Waals surface area contributed by atoms with Crippen LogP contribution in [0.15, 0.2) is 18.2 Å². The predicted molar refractivity (Wildman–Crippen MR) is 78.8 cm³/mol. The number of amides is 1. The monoisotopic (exact) mass is 294 g/mol. The molecule has 0 bridgehead atoms. The predicted octanol–water partition coefficient (Wildman–Crippen LogP) is 2.56. The molecule has 1 unspecified atom stereocenters. The highest BCUT2D eigenvalue weighted by Crippen LogP contribution is 2.31. The number of anilines is 1. The van der Waals surface area contributed by atoms with E-state index in [4.69, 9.17) is 22.1 Å². The lowest BCUT2D eigenvalue weighted by Gasteiger charge is -2.25. The van der Waals surface area contributed by atoms with E-state index in [0.29, 0.717) is 28.2 Å². The van der Waals surface area contributed by atoms with Gasteiger partial charge in [0, 0.05) is 35.8 Å². The van der Waals surface area contributed by atoms with Crippen molar-refractivity contribution in [3.05, 3.63) is 28.8 Å². The molecule has 2 fully saturated rings. The fraction of sp³-hybridized carbons (Fsp3) is 0.533. The van der Waals surface area contributed by atoms with Crippen LogP contribution in [-0.4, -0.2) is 36.6 Å². The molecule has 4 nitrogen and oxygen atoms in total. The zero-order valence-corrected chi connectivity index (χ0v) is 12.1. The van der Waals surface area contributed by atoms with Gasteiger partial charge in [-0.25, -0.2) is 0 Å². The van der Waals surface area contributed by atoms with Gasteiger partial charge < -0.3 is 15.4 Å². The van der Waals surface area contributed by atoms with E-state index in [1.54, 1.807) is 18.2 Å². The number of halogens is 1. The fourth-order valence-electron chi connectivity index (χ4n) is 2.67. The molecule has 1 aromatic carbocycles. The van der Waals surface area contributed by atoms with Crippen molar-refractivity contribution in [3.8, 4) is 0 Å². The highest BCUT2D eigenvalue weighted by molar-refractivity contribution is 6.31. The normalized spacial score (nSPS) is 21.9. The Morgan fingerprint density at radius 2 is 2.20 bits per heavy atom. The molecule has 108 valence electrons. The number of ether oxygens (including phenoxy) is 1. The first-order valence-electron chi connectivity index (χ1n) is 7.09. The molecule has 1 amide bonds. The quantitative estimate of drug-likeness (QED) is 0.868. The van der Waals surface area contributed by atoms with E-state index in [-0.39, 0.29) is 5.91 Å². The molecule has 5 heteroatoms. The molecule has 20 heavy (non-hydrogen) atoms. The number of hydrogen-bond donors (Lipinski definition) is 1. The molecule has 1 aromatic rings. The van der Waals surface area contributed by atoms with Crippen LogP contribution in [0, 0.1) is 5.92 Å². The van der Waals surface area contributed by atoms with E-state index >= 15 is 0 Å². The molecule has 0 radical (unpaired) electrons. The lowest BCUT2D eigenvalue weighted by molar-refractivity contribution is 0.0707. The minimum absolute atomic E-state index is 0.0218. The summed E-state index contributed by atoms with van der Waals surface area (Å²) >= 11 is 5.89. The van der Waals surface area contributed by atoms with Gasteiger partial charge in [-0.05, 0) is 37.5 Å². The molecule has 1 saturated carbocycles. The van der Waals surface area contributed by atoms with Crippen molar-refractivity contribution in [2.75, 3.05) is 25.5 Å². The third-order valence-electron chi connectivity index (χ3n) is 3.97. The van der Waals surface area contributed by atoms with Crippen LogP contribution in [0.1, 0.15) is 29.6 Å². The molecule has 1 saturated heterocycles. The Balaban J connectivity index is 1.77. The molecule has 2 N–H and O–H groups in total. The van der Waals surface area contributed by atoms with Crippen LogP contribution in [0.2, 0.25) is 5.02 Å². The SMILES string of the molecule is Nc1cc(Cl)ccc1C(=O)N(CC1CCOC1)C1CC1. The maximum atomic E-state index is 12.7. The van der Waals surface area contributed by atoms with Gasteiger partial charge >= 0.3 is 0 Å². The number of carbonyl (C=O) groups excluding carboxylic acids is 1. The molecule has 3 rings (SSSR count). The minimum Gasteiger partial charge on any atom is -0.398 e. The van der Waals surface area contributed by atoms with Crippen LogP contribution in [0.5, 0.6) is 0 Å². The average Bonchev–Trinajstić information content (AvgIpc) is 3.12. The van der Waals surface area contributed by atoms with Crippen molar-refractivity contribution >= 4 is 23.2 Å². The van der Waals surface area contributed by atoms with Gasteiger partial charge in [0.05, 0.1) is 12.2 Å². The average molecular weight is 295 g/mol. The summed E-state index contributed by atoms with van der Waals surface area (Å²) in [5, 5.41) is 0.557. The van der Waals surface area contributed by atoms with Crippen molar-refractivity contribution in [1.82, 2.24) is 4.90 Å². The second-order valence-corrected chi connectivity index (χ2v) is 6.09. The van der Waals surface area contributed by atoms with Gasteiger partial charge in [-0.3, -0.25) is 4.79 Å². The highest BCUT2D eigenvalue weighted by atomic mass is 35.5. The van der Waals surface area contributed by atoms with Crippen molar-refractivity contribution in [3.63, 3.8) is 0 Å². The second-order valence-electron chi connectivity index (χ2n) is 5.65. The Morgan fingerprint density at radius 1 is 1.40 bits per heavy atom. The third-order valence-corrected chi connectivity index (χ3v) is 4.21. The number of nitrogens with two attached hydrogens (primary N) is 1. The van der Waals surface area contributed by atoms with Gasteiger partial charge in [-0.15, -0.1) is 0 Å². The summed E-state index contributed by atoms with van der Waals surface area (Å²) in [6, 6.07) is 5.45. The van der Waals surface area contributed by atoms with Crippen LogP contribution in [0.3, 0.4) is 0 Å². The number of carbonyl (C=O) groups is 1. The summed E-state index contributed by atoms with van der Waals surface area (Å²) in [5.74, 6) is 0.474. The maximum absolute atomic E-state index is 12.7. The number of hydrogen-bond acceptors (Lipinski definition) is 3. The summed E-state index contributed by atoms with van der Waals surface area (Å²) in [6.45, 7) is 2.33. The van der Waals surface area contributed by atoms with E-state index < -0.39 is 0 Å². The van der Waals surface area contributed by atoms with Crippen LogP contribution in [-0.2, 0) is 4.74 Å². The van der Waals surface area contributed by atoms with Crippen molar-refractivity contribution < 1.29 is 9.53 Å². The Hall–Kier alpha value is -1.26. The number of nitrogen functional groups attached to an aromatic ring is 1.